The van der Waals surface area contributed by atoms with Crippen LogP contribution in [0.2, 0.25) is 0 Å². The molecule has 0 aromatic heterocycles. The lowest BCUT2D eigenvalue weighted by molar-refractivity contribution is 0.140. The number of methoxy groups -OCH3 is 1. The lowest BCUT2D eigenvalue weighted by Gasteiger charge is -2.19. The molecule has 1 aliphatic rings. The summed E-state index contributed by atoms with van der Waals surface area (Å²) in [5.74, 6) is 1.58. The molecule has 94 valence electrons. The van der Waals surface area contributed by atoms with Crippen molar-refractivity contribution in [3.63, 3.8) is 0 Å². The largest absolute Gasteiger partial charge is 0.496 e. The molecule has 0 aliphatic carbocycles. The van der Waals surface area contributed by atoms with Gasteiger partial charge in [-0.1, -0.05) is 6.07 Å². The second-order valence-electron chi connectivity index (χ2n) is 4.26. The van der Waals surface area contributed by atoms with Gasteiger partial charge in [-0.25, -0.2) is 0 Å². The van der Waals surface area contributed by atoms with Gasteiger partial charge in [0, 0.05) is 12.5 Å². The average Bonchev–Trinajstić information content (AvgIpc) is 2.81. The Morgan fingerprint density at radius 2 is 2.18 bits per heavy atom. The number of ether oxygens (including phenoxy) is 3. The number of hydrogen-bond donors (Lipinski definition) is 1. The summed E-state index contributed by atoms with van der Waals surface area (Å²) < 4.78 is 16.5. The van der Waals surface area contributed by atoms with E-state index in [4.69, 9.17) is 19.9 Å². The highest BCUT2D eigenvalue weighted by Crippen LogP contribution is 2.34. The molecule has 1 saturated heterocycles. The summed E-state index contributed by atoms with van der Waals surface area (Å²) in [6, 6.07) is 5.62. The minimum atomic E-state index is -0.122. The van der Waals surface area contributed by atoms with Crippen molar-refractivity contribution < 1.29 is 14.2 Å². The van der Waals surface area contributed by atoms with E-state index in [9.17, 15) is 0 Å². The van der Waals surface area contributed by atoms with Crippen LogP contribution in [0.1, 0.15) is 24.9 Å². The van der Waals surface area contributed by atoms with Crippen molar-refractivity contribution in [3.8, 4) is 11.5 Å². The molecule has 4 nitrogen and oxygen atoms in total. The van der Waals surface area contributed by atoms with Gasteiger partial charge in [0.2, 0.25) is 0 Å². The highest BCUT2D eigenvalue weighted by molar-refractivity contribution is 5.46. The van der Waals surface area contributed by atoms with Gasteiger partial charge in [-0.2, -0.15) is 0 Å². The quantitative estimate of drug-likeness (QED) is 0.868. The molecule has 17 heavy (non-hydrogen) atoms. The van der Waals surface area contributed by atoms with E-state index in [-0.39, 0.29) is 12.1 Å². The monoisotopic (exact) mass is 237 g/mol. The van der Waals surface area contributed by atoms with Crippen molar-refractivity contribution in [1.82, 2.24) is 0 Å². The van der Waals surface area contributed by atoms with E-state index in [1.54, 1.807) is 7.11 Å². The highest BCUT2D eigenvalue weighted by Gasteiger charge is 2.21. The Bertz CT molecular complexity index is 373. The van der Waals surface area contributed by atoms with Gasteiger partial charge in [0.1, 0.15) is 17.6 Å². The van der Waals surface area contributed by atoms with Gasteiger partial charge in [0.25, 0.3) is 0 Å². The summed E-state index contributed by atoms with van der Waals surface area (Å²) >= 11 is 0. The molecule has 0 bridgehead atoms. The first-order valence-corrected chi connectivity index (χ1v) is 5.89. The SMILES string of the molecule is COc1cccc(OC2CCOC2)c1[C@@H](C)N. The zero-order chi connectivity index (χ0) is 12.3. The van der Waals surface area contributed by atoms with Crippen molar-refractivity contribution in [2.75, 3.05) is 20.3 Å². The standard InChI is InChI=1S/C13H19NO3/c1-9(14)13-11(15-2)4-3-5-12(13)17-10-6-7-16-8-10/h3-5,9-10H,6-8,14H2,1-2H3/t9-,10?/m1/s1. The third-order valence-corrected chi connectivity index (χ3v) is 2.88. The van der Waals surface area contributed by atoms with Crippen LogP contribution in [-0.2, 0) is 4.74 Å². The first-order valence-electron chi connectivity index (χ1n) is 5.89. The predicted octanol–water partition coefficient (Wildman–Crippen LogP) is 1.88. The van der Waals surface area contributed by atoms with Gasteiger partial charge in [0.15, 0.2) is 0 Å². The minimum absolute atomic E-state index is 0.122. The van der Waals surface area contributed by atoms with Crippen LogP contribution in [0.4, 0.5) is 0 Å². The fourth-order valence-electron chi connectivity index (χ4n) is 2.04. The van der Waals surface area contributed by atoms with Crippen LogP contribution in [0.25, 0.3) is 0 Å². The third kappa shape index (κ3) is 2.70. The van der Waals surface area contributed by atoms with Crippen LogP contribution in [0.5, 0.6) is 11.5 Å². The molecule has 2 atom stereocenters. The number of rotatable bonds is 4. The molecule has 2 N–H and O–H groups in total. The second-order valence-corrected chi connectivity index (χ2v) is 4.26. The van der Waals surface area contributed by atoms with E-state index in [1.165, 1.54) is 0 Å². The Morgan fingerprint density at radius 3 is 2.76 bits per heavy atom. The molecule has 1 heterocycles. The van der Waals surface area contributed by atoms with Crippen LogP contribution in [0.3, 0.4) is 0 Å². The number of hydrogen-bond acceptors (Lipinski definition) is 4. The molecule has 0 spiro atoms. The summed E-state index contributed by atoms with van der Waals surface area (Å²) in [7, 11) is 1.64. The van der Waals surface area contributed by atoms with E-state index in [1.807, 2.05) is 25.1 Å². The Labute approximate surface area is 102 Å². The van der Waals surface area contributed by atoms with Gasteiger partial charge in [-0.15, -0.1) is 0 Å². The number of benzene rings is 1. The van der Waals surface area contributed by atoms with Crippen LogP contribution in [0, 0.1) is 0 Å². The van der Waals surface area contributed by atoms with Crippen LogP contribution in [-0.4, -0.2) is 26.4 Å². The van der Waals surface area contributed by atoms with Crippen molar-refractivity contribution in [2.24, 2.45) is 5.73 Å². The second kappa shape index (κ2) is 5.38. The molecule has 1 fully saturated rings. The van der Waals surface area contributed by atoms with E-state index < -0.39 is 0 Å². The van der Waals surface area contributed by atoms with E-state index in [0.29, 0.717) is 6.61 Å². The van der Waals surface area contributed by atoms with Crippen molar-refractivity contribution in [3.05, 3.63) is 23.8 Å². The summed E-state index contributed by atoms with van der Waals surface area (Å²) in [4.78, 5) is 0. The summed E-state index contributed by atoms with van der Waals surface area (Å²) in [5, 5.41) is 0. The van der Waals surface area contributed by atoms with Gasteiger partial charge in [-0.05, 0) is 19.1 Å². The van der Waals surface area contributed by atoms with Crippen molar-refractivity contribution in [1.29, 1.82) is 0 Å². The molecule has 4 heteroatoms. The molecule has 1 unspecified atom stereocenters. The molecule has 0 saturated carbocycles. The highest BCUT2D eigenvalue weighted by atomic mass is 16.5. The molecule has 0 amide bonds. The van der Waals surface area contributed by atoms with Gasteiger partial charge >= 0.3 is 0 Å². The third-order valence-electron chi connectivity index (χ3n) is 2.88. The Morgan fingerprint density at radius 1 is 1.41 bits per heavy atom. The maximum Gasteiger partial charge on any atom is 0.128 e. The van der Waals surface area contributed by atoms with E-state index >= 15 is 0 Å². The zero-order valence-corrected chi connectivity index (χ0v) is 10.3. The predicted molar refractivity (Wildman–Crippen MR) is 65.4 cm³/mol. The van der Waals surface area contributed by atoms with Crippen molar-refractivity contribution >= 4 is 0 Å². The average molecular weight is 237 g/mol. The normalized spacial score (nSPS) is 21.2. The molecular formula is C13H19NO3. The molecule has 1 aliphatic heterocycles. The molecule has 1 aromatic carbocycles. The van der Waals surface area contributed by atoms with E-state index in [0.717, 1.165) is 30.1 Å². The number of nitrogens with two attached hydrogens (primary N) is 1. The lowest BCUT2D eigenvalue weighted by Crippen LogP contribution is -2.18. The van der Waals surface area contributed by atoms with Gasteiger partial charge in [0.05, 0.1) is 25.9 Å². The first kappa shape index (κ1) is 12.2. The maximum atomic E-state index is 5.97. The molecule has 1 aromatic rings. The zero-order valence-electron chi connectivity index (χ0n) is 10.3. The smallest absolute Gasteiger partial charge is 0.128 e. The van der Waals surface area contributed by atoms with Crippen molar-refractivity contribution in [2.45, 2.75) is 25.5 Å². The topological polar surface area (TPSA) is 53.7 Å². The molecule has 0 radical (unpaired) electrons. The maximum absolute atomic E-state index is 5.97. The van der Waals surface area contributed by atoms with E-state index in [2.05, 4.69) is 0 Å². The summed E-state index contributed by atoms with van der Waals surface area (Å²) in [6.45, 7) is 3.34. The Balaban J connectivity index is 2.25. The Kier molecular flexibility index (Phi) is 3.86. The molecular weight excluding hydrogens is 218 g/mol. The van der Waals surface area contributed by atoms with Crippen LogP contribution in [0.15, 0.2) is 18.2 Å². The van der Waals surface area contributed by atoms with Gasteiger partial charge < -0.3 is 19.9 Å². The summed E-state index contributed by atoms with van der Waals surface area (Å²) in [6.07, 6.45) is 1.05. The Hall–Kier alpha value is -1.26. The molecule has 2 rings (SSSR count). The fraction of sp³-hybridized carbons (Fsp3) is 0.538. The fourth-order valence-corrected chi connectivity index (χ4v) is 2.04. The summed E-state index contributed by atoms with van der Waals surface area (Å²) in [5.41, 5.74) is 6.89. The first-order chi connectivity index (χ1) is 8.22. The van der Waals surface area contributed by atoms with Gasteiger partial charge in [-0.3, -0.25) is 0 Å². The minimum Gasteiger partial charge on any atom is -0.496 e. The van der Waals surface area contributed by atoms with Crippen LogP contribution >= 0.6 is 0 Å². The lowest BCUT2D eigenvalue weighted by atomic mass is 10.1. The van der Waals surface area contributed by atoms with Crippen LogP contribution < -0.4 is 15.2 Å².